The van der Waals surface area contributed by atoms with E-state index in [-0.39, 0.29) is 6.16 Å². The predicted molar refractivity (Wildman–Crippen MR) is 72.3 cm³/mol. The summed E-state index contributed by atoms with van der Waals surface area (Å²) < 4.78 is 27.5. The lowest BCUT2D eigenvalue weighted by Crippen LogP contribution is -2.03. The quantitative estimate of drug-likeness (QED) is 0.569. The molecule has 0 aliphatic carbocycles. The molecule has 0 unspecified atom stereocenters. The van der Waals surface area contributed by atoms with Gasteiger partial charge in [-0.2, -0.15) is 0 Å². The van der Waals surface area contributed by atoms with E-state index >= 15 is 0 Å². The van der Waals surface area contributed by atoms with Gasteiger partial charge in [-0.25, -0.2) is 4.79 Å². The van der Waals surface area contributed by atoms with E-state index in [0.29, 0.717) is 24.3 Å². The molecule has 0 atom stereocenters. The van der Waals surface area contributed by atoms with Crippen molar-refractivity contribution in [3.05, 3.63) is 35.4 Å². The number of carbonyl (C=O) groups excluding carboxylic acids is 1. The third-order valence-electron chi connectivity index (χ3n) is 2.38. The lowest BCUT2D eigenvalue weighted by Gasteiger charge is -2.17. The second kappa shape index (κ2) is 7.43. The van der Waals surface area contributed by atoms with Crippen LogP contribution in [0.3, 0.4) is 0 Å². The smallest absolute Gasteiger partial charge is 0.337 e. The number of hydrogen-bond acceptors (Lipinski definition) is 5. The molecule has 5 nitrogen and oxygen atoms in total. The molecule has 106 valence electrons. The fourth-order valence-corrected chi connectivity index (χ4v) is 3.35. The molecule has 0 bridgehead atoms. The first-order valence-electron chi connectivity index (χ1n) is 6.10. The Labute approximate surface area is 113 Å². The van der Waals surface area contributed by atoms with E-state index in [1.54, 1.807) is 38.1 Å². The molecular weight excluding hydrogens is 267 g/mol. The van der Waals surface area contributed by atoms with Crippen molar-refractivity contribution in [1.82, 2.24) is 0 Å². The van der Waals surface area contributed by atoms with E-state index in [1.807, 2.05) is 0 Å². The van der Waals surface area contributed by atoms with Crippen LogP contribution in [0.2, 0.25) is 0 Å². The molecule has 0 fully saturated rings. The van der Waals surface area contributed by atoms with Gasteiger partial charge in [-0.05, 0) is 31.5 Å². The summed E-state index contributed by atoms with van der Waals surface area (Å²) >= 11 is 0. The average Bonchev–Trinajstić information content (AvgIpc) is 2.38. The fraction of sp³-hybridized carbons (Fsp3) is 0.462. The second-order valence-corrected chi connectivity index (χ2v) is 5.85. The summed E-state index contributed by atoms with van der Waals surface area (Å²) in [5, 5.41) is 0. The summed E-state index contributed by atoms with van der Waals surface area (Å²) in [7, 11) is -1.83. The maximum Gasteiger partial charge on any atom is 0.337 e. The number of esters is 1. The van der Waals surface area contributed by atoms with Crippen LogP contribution < -0.4 is 0 Å². The summed E-state index contributed by atoms with van der Waals surface area (Å²) in [5.41, 5.74) is 1.13. The van der Waals surface area contributed by atoms with Crippen molar-refractivity contribution in [1.29, 1.82) is 0 Å². The predicted octanol–water partition coefficient (Wildman–Crippen LogP) is 3.24. The molecule has 0 aliphatic rings. The Morgan fingerprint density at radius 3 is 2.37 bits per heavy atom. The molecule has 6 heteroatoms. The average molecular weight is 286 g/mol. The Morgan fingerprint density at radius 1 is 1.21 bits per heavy atom. The van der Waals surface area contributed by atoms with E-state index in [4.69, 9.17) is 9.05 Å². The van der Waals surface area contributed by atoms with Crippen LogP contribution >= 0.6 is 7.60 Å². The van der Waals surface area contributed by atoms with Gasteiger partial charge in [0.2, 0.25) is 0 Å². The van der Waals surface area contributed by atoms with Crippen molar-refractivity contribution in [3.63, 3.8) is 0 Å². The normalized spacial score (nSPS) is 11.3. The van der Waals surface area contributed by atoms with Crippen LogP contribution in [-0.4, -0.2) is 26.3 Å². The van der Waals surface area contributed by atoms with Gasteiger partial charge in [0.25, 0.3) is 0 Å². The van der Waals surface area contributed by atoms with Crippen LogP contribution in [0.25, 0.3) is 0 Å². The zero-order valence-electron chi connectivity index (χ0n) is 11.4. The number of carbonyl (C=O) groups is 1. The summed E-state index contributed by atoms with van der Waals surface area (Å²) in [6, 6.07) is 6.76. The number of benzene rings is 1. The lowest BCUT2D eigenvalue weighted by molar-refractivity contribution is 0.0600. The molecule has 0 spiro atoms. The fourth-order valence-electron chi connectivity index (χ4n) is 1.66. The zero-order valence-corrected chi connectivity index (χ0v) is 12.3. The van der Waals surface area contributed by atoms with Crippen molar-refractivity contribution >= 4 is 13.6 Å². The maximum absolute atomic E-state index is 12.4. The molecule has 1 rings (SSSR count). The summed E-state index contributed by atoms with van der Waals surface area (Å²) in [5.74, 6) is -0.426. The minimum atomic E-state index is -3.15. The highest BCUT2D eigenvalue weighted by Crippen LogP contribution is 2.51. The Bertz CT molecular complexity index is 462. The van der Waals surface area contributed by atoms with Gasteiger partial charge >= 0.3 is 13.6 Å². The van der Waals surface area contributed by atoms with E-state index in [1.165, 1.54) is 7.11 Å². The van der Waals surface area contributed by atoms with Crippen molar-refractivity contribution in [2.24, 2.45) is 0 Å². The maximum atomic E-state index is 12.4. The van der Waals surface area contributed by atoms with Gasteiger partial charge in [0, 0.05) is 0 Å². The van der Waals surface area contributed by atoms with E-state index < -0.39 is 13.6 Å². The first kappa shape index (κ1) is 15.9. The van der Waals surface area contributed by atoms with Crippen LogP contribution in [0.4, 0.5) is 0 Å². The van der Waals surface area contributed by atoms with Crippen molar-refractivity contribution in [2.75, 3.05) is 20.3 Å². The molecule has 0 heterocycles. The van der Waals surface area contributed by atoms with E-state index in [0.717, 1.165) is 0 Å². The number of ether oxygens (including phenoxy) is 1. The molecule has 0 saturated carbocycles. The SMILES string of the molecule is CCOP(=O)(Cc1cccc(C(=O)OC)c1)OCC. The first-order valence-corrected chi connectivity index (χ1v) is 7.82. The third kappa shape index (κ3) is 4.78. The highest BCUT2D eigenvalue weighted by Gasteiger charge is 2.24. The van der Waals surface area contributed by atoms with Crippen molar-refractivity contribution in [2.45, 2.75) is 20.0 Å². The van der Waals surface area contributed by atoms with E-state index in [9.17, 15) is 9.36 Å². The van der Waals surface area contributed by atoms with Gasteiger partial charge in [-0.3, -0.25) is 4.57 Å². The summed E-state index contributed by atoms with van der Waals surface area (Å²) in [4.78, 5) is 11.4. The molecule has 1 aromatic carbocycles. The largest absolute Gasteiger partial charge is 0.465 e. The number of methoxy groups -OCH3 is 1. The van der Waals surface area contributed by atoms with Gasteiger partial charge < -0.3 is 13.8 Å². The van der Waals surface area contributed by atoms with Gasteiger partial charge in [0.1, 0.15) is 0 Å². The van der Waals surface area contributed by atoms with Gasteiger partial charge in [-0.1, -0.05) is 12.1 Å². The van der Waals surface area contributed by atoms with Crippen LogP contribution in [-0.2, 0) is 24.5 Å². The summed E-state index contributed by atoms with van der Waals surface area (Å²) in [6.45, 7) is 4.15. The monoisotopic (exact) mass is 286 g/mol. The van der Waals surface area contributed by atoms with Gasteiger partial charge in [-0.15, -0.1) is 0 Å². The van der Waals surface area contributed by atoms with Gasteiger partial charge in [0.15, 0.2) is 0 Å². The molecule has 0 radical (unpaired) electrons. The highest BCUT2D eigenvalue weighted by molar-refractivity contribution is 7.53. The Balaban J connectivity index is 2.91. The Kier molecular flexibility index (Phi) is 6.22. The van der Waals surface area contributed by atoms with Crippen molar-refractivity contribution < 1.29 is 23.1 Å². The van der Waals surface area contributed by atoms with E-state index in [2.05, 4.69) is 4.74 Å². The van der Waals surface area contributed by atoms with Crippen molar-refractivity contribution in [3.8, 4) is 0 Å². The third-order valence-corrected chi connectivity index (χ3v) is 4.43. The van der Waals surface area contributed by atoms with Crippen LogP contribution in [0.1, 0.15) is 29.8 Å². The molecule has 0 aliphatic heterocycles. The molecule has 0 saturated heterocycles. The molecular formula is C13H19O5P. The zero-order chi connectivity index (χ0) is 14.3. The number of rotatable bonds is 7. The topological polar surface area (TPSA) is 61.8 Å². The molecule has 0 N–H and O–H groups in total. The minimum Gasteiger partial charge on any atom is -0.465 e. The summed E-state index contributed by atoms with van der Waals surface area (Å²) in [6.07, 6.45) is 0.138. The van der Waals surface area contributed by atoms with Crippen LogP contribution in [0.15, 0.2) is 24.3 Å². The lowest BCUT2D eigenvalue weighted by atomic mass is 10.1. The first-order chi connectivity index (χ1) is 9.04. The molecule has 0 aromatic heterocycles. The standard InChI is InChI=1S/C13H19O5P/c1-4-17-19(15,18-5-2)10-11-7-6-8-12(9-11)13(14)16-3/h6-9H,4-5,10H2,1-3H3. The highest BCUT2D eigenvalue weighted by atomic mass is 31.2. The molecule has 1 aromatic rings. The molecule has 19 heavy (non-hydrogen) atoms. The molecule has 0 amide bonds. The number of hydrogen-bond donors (Lipinski definition) is 0. The Morgan fingerprint density at radius 2 is 1.84 bits per heavy atom. The second-order valence-electron chi connectivity index (χ2n) is 3.80. The Hall–Kier alpha value is -1.16. The van der Waals surface area contributed by atoms with Crippen LogP contribution in [0.5, 0.6) is 0 Å². The van der Waals surface area contributed by atoms with Crippen LogP contribution in [0, 0.1) is 0 Å². The van der Waals surface area contributed by atoms with Gasteiger partial charge in [0.05, 0.1) is 32.0 Å². The minimum absolute atomic E-state index is 0.138.